The number of fused-ring (bicyclic) bond motifs is 1. The van der Waals surface area contributed by atoms with Crippen LogP contribution in [0.4, 0.5) is 30.6 Å². The number of aliphatic carboxylic acids is 1. The number of sulfonamides is 1. The number of alkyl halides is 3. The van der Waals surface area contributed by atoms with Crippen molar-refractivity contribution in [2.24, 2.45) is 11.8 Å². The van der Waals surface area contributed by atoms with E-state index in [4.69, 9.17) is 43.1 Å². The van der Waals surface area contributed by atoms with Gasteiger partial charge in [-0.2, -0.15) is 18.2 Å². The smallest absolute Gasteiger partial charge is 0.475 e. The predicted octanol–water partition coefficient (Wildman–Crippen LogP) is 8.13. The number of carbonyl (C=O) groups is 1. The normalized spacial score (nSPS) is 16.8. The van der Waals surface area contributed by atoms with Gasteiger partial charge in [-0.05, 0) is 79.8 Å². The number of nitrogens with zero attached hydrogens (tertiary/aromatic N) is 2. The number of carboxylic acids is 1. The van der Waals surface area contributed by atoms with Gasteiger partial charge in [-0.1, -0.05) is 54.4 Å². The molecule has 2 heterocycles. The zero-order valence-electron chi connectivity index (χ0n) is 24.6. The molecule has 9 nitrogen and oxygen atoms in total. The summed E-state index contributed by atoms with van der Waals surface area (Å²) in [6.07, 6.45) is -0.167. The number of para-hydroxylation sites is 1. The monoisotopic (exact) mass is 717 g/mol. The van der Waals surface area contributed by atoms with Gasteiger partial charge in [0, 0.05) is 24.2 Å². The molecule has 1 aliphatic carbocycles. The van der Waals surface area contributed by atoms with Crippen molar-refractivity contribution in [2.75, 3.05) is 23.7 Å². The van der Waals surface area contributed by atoms with Gasteiger partial charge >= 0.3 is 12.1 Å². The molecule has 0 bridgehead atoms. The minimum absolute atomic E-state index is 0.0549. The van der Waals surface area contributed by atoms with Crippen LogP contribution in [0.25, 0.3) is 10.9 Å². The number of aromatic nitrogens is 2. The molecule has 1 saturated carbocycles. The second-order valence-electron chi connectivity index (χ2n) is 10.7. The van der Waals surface area contributed by atoms with Gasteiger partial charge < -0.3 is 15.7 Å². The van der Waals surface area contributed by atoms with Gasteiger partial charge in [0.2, 0.25) is 16.0 Å². The van der Waals surface area contributed by atoms with Crippen molar-refractivity contribution < 1.29 is 31.5 Å². The van der Waals surface area contributed by atoms with E-state index in [1.54, 1.807) is 0 Å². The average Bonchev–Trinajstić information content (AvgIpc) is 3.38. The van der Waals surface area contributed by atoms with E-state index >= 15 is 0 Å². The van der Waals surface area contributed by atoms with Crippen LogP contribution in [0.3, 0.4) is 0 Å². The van der Waals surface area contributed by atoms with E-state index in [2.05, 4.69) is 46.5 Å². The summed E-state index contributed by atoms with van der Waals surface area (Å²) in [7, 11) is -3.67. The minimum Gasteiger partial charge on any atom is -0.475 e. The fraction of sp³-hybridized carbons (Fsp3) is 0.367. The van der Waals surface area contributed by atoms with E-state index in [9.17, 15) is 21.6 Å². The van der Waals surface area contributed by atoms with Crippen molar-refractivity contribution >= 4 is 78.9 Å². The Hall–Kier alpha value is -3.17. The number of anilines is 3. The highest BCUT2D eigenvalue weighted by molar-refractivity contribution is 7.89. The third kappa shape index (κ3) is 9.91. The fourth-order valence-electron chi connectivity index (χ4n) is 4.90. The van der Waals surface area contributed by atoms with Crippen LogP contribution in [-0.4, -0.2) is 48.7 Å². The molecule has 0 unspecified atom stereocenters. The number of hydrogen-bond donors (Lipinski definition) is 4. The van der Waals surface area contributed by atoms with E-state index in [0.717, 1.165) is 72.4 Å². The van der Waals surface area contributed by atoms with Crippen molar-refractivity contribution in [2.45, 2.75) is 50.1 Å². The molecule has 2 aromatic heterocycles. The van der Waals surface area contributed by atoms with E-state index in [-0.39, 0.29) is 15.1 Å². The maximum atomic E-state index is 12.6. The van der Waals surface area contributed by atoms with Gasteiger partial charge in [0.25, 0.3) is 0 Å². The van der Waals surface area contributed by atoms with E-state index < -0.39 is 22.2 Å². The van der Waals surface area contributed by atoms with Crippen LogP contribution in [0, 0.1) is 11.8 Å². The molecule has 5 rings (SSSR count). The molecular formula is C30H32Cl2F3N5O4S2. The number of hydrogen-bond acceptors (Lipinski definition) is 8. The van der Waals surface area contributed by atoms with E-state index in [0.29, 0.717) is 22.7 Å². The Bertz CT molecular complexity index is 1750. The number of thiophene rings is 1. The molecule has 1 aliphatic rings. The van der Waals surface area contributed by atoms with Crippen LogP contribution in [-0.2, 0) is 21.2 Å². The molecule has 0 amide bonds. The molecule has 4 N–H and O–H groups in total. The molecule has 4 aromatic rings. The number of benzene rings is 2. The van der Waals surface area contributed by atoms with E-state index in [1.807, 2.05) is 24.3 Å². The SMILES string of the molecule is CCc1ccc(Nc2nc(NCC3CCC(CNS(=O)(=O)c4cc(Cl)sc4Cl)CC3)nc3ccccc23)cc1.O=C(O)C(F)(F)F. The van der Waals surface area contributed by atoms with Crippen LogP contribution in [0.5, 0.6) is 0 Å². The largest absolute Gasteiger partial charge is 0.490 e. The van der Waals surface area contributed by atoms with Crippen molar-refractivity contribution in [3.63, 3.8) is 0 Å². The summed E-state index contributed by atoms with van der Waals surface area (Å²) >= 11 is 13.0. The zero-order chi connectivity index (χ0) is 33.5. The highest BCUT2D eigenvalue weighted by atomic mass is 35.5. The molecule has 0 saturated heterocycles. The molecule has 1 fully saturated rings. The van der Waals surface area contributed by atoms with Crippen LogP contribution in [0.1, 0.15) is 38.2 Å². The lowest BCUT2D eigenvalue weighted by atomic mass is 9.82. The quantitative estimate of drug-likeness (QED) is 0.129. The van der Waals surface area contributed by atoms with Gasteiger partial charge in [0.05, 0.1) is 9.85 Å². The van der Waals surface area contributed by atoms with Crippen molar-refractivity contribution in [3.8, 4) is 0 Å². The Balaban J connectivity index is 0.000000617. The predicted molar refractivity (Wildman–Crippen MR) is 176 cm³/mol. The molecule has 2 aromatic carbocycles. The van der Waals surface area contributed by atoms with Crippen molar-refractivity contribution in [1.82, 2.24) is 14.7 Å². The summed E-state index contributed by atoms with van der Waals surface area (Å²) in [6, 6.07) is 17.8. The van der Waals surface area contributed by atoms with Gasteiger partial charge in [-0.15, -0.1) is 11.3 Å². The molecule has 46 heavy (non-hydrogen) atoms. The van der Waals surface area contributed by atoms with Crippen LogP contribution < -0.4 is 15.4 Å². The number of nitrogens with one attached hydrogen (secondary N) is 3. The summed E-state index contributed by atoms with van der Waals surface area (Å²) < 4.78 is 60.2. The third-order valence-corrected chi connectivity index (χ3v) is 10.6. The van der Waals surface area contributed by atoms with Crippen molar-refractivity contribution in [1.29, 1.82) is 0 Å². The van der Waals surface area contributed by atoms with Crippen LogP contribution >= 0.6 is 34.5 Å². The fourth-order valence-corrected chi connectivity index (χ4v) is 8.16. The molecule has 0 spiro atoms. The maximum absolute atomic E-state index is 12.6. The Kier molecular flexibility index (Phi) is 12.1. The highest BCUT2D eigenvalue weighted by Crippen LogP contribution is 2.35. The standard InChI is InChI=1S/C28H31Cl2N5O2S2.C2HF3O2/c1-2-18-11-13-21(14-12-18)33-27-22-5-3-4-6-23(22)34-28(35-27)31-16-19-7-9-20(10-8-19)17-32-39(36,37)24-15-25(29)38-26(24)30;3-2(4,5)1(6)7/h3-6,11-15,19-20,32H,2,7-10,16-17H2,1H3,(H2,31,33,34,35);(H,6,7). The second-order valence-corrected chi connectivity index (χ2v) is 14.7. The highest BCUT2D eigenvalue weighted by Gasteiger charge is 2.38. The van der Waals surface area contributed by atoms with Gasteiger partial charge in [0.15, 0.2) is 0 Å². The summed E-state index contributed by atoms with van der Waals surface area (Å²) in [5.74, 6) is -0.628. The lowest BCUT2D eigenvalue weighted by molar-refractivity contribution is -0.192. The number of carboxylic acid groups (broad SMARTS) is 1. The second kappa shape index (κ2) is 15.6. The molecule has 0 radical (unpaired) electrons. The Morgan fingerprint density at radius 3 is 2.17 bits per heavy atom. The number of aryl methyl sites for hydroxylation is 1. The van der Waals surface area contributed by atoms with Gasteiger partial charge in [-0.25, -0.2) is 22.9 Å². The van der Waals surface area contributed by atoms with Gasteiger partial charge in [-0.3, -0.25) is 0 Å². The topological polar surface area (TPSA) is 133 Å². The summed E-state index contributed by atoms with van der Waals surface area (Å²) in [4.78, 5) is 18.5. The van der Waals surface area contributed by atoms with Crippen LogP contribution in [0.15, 0.2) is 59.5 Å². The molecule has 248 valence electrons. The molecule has 16 heteroatoms. The molecular weight excluding hydrogens is 686 g/mol. The number of rotatable bonds is 10. The molecule has 0 atom stereocenters. The zero-order valence-corrected chi connectivity index (χ0v) is 27.7. The maximum Gasteiger partial charge on any atom is 0.490 e. The minimum atomic E-state index is -5.08. The first-order chi connectivity index (χ1) is 21.7. The van der Waals surface area contributed by atoms with Gasteiger partial charge in [0.1, 0.15) is 15.0 Å². The average molecular weight is 719 g/mol. The Morgan fingerprint density at radius 1 is 1.00 bits per heavy atom. The number of halogens is 5. The van der Waals surface area contributed by atoms with Crippen LogP contribution in [0.2, 0.25) is 8.67 Å². The lowest BCUT2D eigenvalue weighted by Crippen LogP contribution is -2.32. The first kappa shape index (κ1) is 35.7. The first-order valence-corrected chi connectivity index (χ1v) is 17.4. The Labute approximate surface area is 278 Å². The third-order valence-electron chi connectivity index (χ3n) is 7.46. The summed E-state index contributed by atoms with van der Waals surface area (Å²) in [5, 5.41) is 15.0. The summed E-state index contributed by atoms with van der Waals surface area (Å²) in [5.41, 5.74) is 3.16. The summed E-state index contributed by atoms with van der Waals surface area (Å²) in [6.45, 7) is 3.31. The Morgan fingerprint density at radius 2 is 1.61 bits per heavy atom. The van der Waals surface area contributed by atoms with E-state index in [1.165, 1.54) is 11.6 Å². The lowest BCUT2D eigenvalue weighted by Gasteiger charge is -2.28. The van der Waals surface area contributed by atoms with Crippen molar-refractivity contribution in [3.05, 3.63) is 68.8 Å². The first-order valence-electron chi connectivity index (χ1n) is 14.4. The molecule has 0 aliphatic heterocycles.